The largest absolute Gasteiger partial charge is 0.481 e. The van der Waals surface area contributed by atoms with Gasteiger partial charge in [-0.2, -0.15) is 0 Å². The Morgan fingerprint density at radius 3 is 2.58 bits per heavy atom. The smallest absolute Gasteiger partial charge is 0.256 e. The number of pyridine rings is 1. The lowest BCUT2D eigenvalue weighted by Gasteiger charge is -2.08. The second-order valence-electron chi connectivity index (χ2n) is 3.64. The molecule has 0 aliphatic heterocycles. The van der Waals surface area contributed by atoms with E-state index in [-0.39, 0.29) is 11.4 Å². The van der Waals surface area contributed by atoms with Crippen LogP contribution < -0.4 is 10.1 Å². The van der Waals surface area contributed by atoms with Crippen molar-refractivity contribution in [1.82, 2.24) is 4.98 Å². The number of amides is 1. The van der Waals surface area contributed by atoms with E-state index in [9.17, 15) is 13.6 Å². The number of ether oxygens (including phenoxy) is 1. The zero-order valence-electron chi connectivity index (χ0n) is 9.98. The van der Waals surface area contributed by atoms with Gasteiger partial charge in [0, 0.05) is 17.8 Å². The summed E-state index contributed by atoms with van der Waals surface area (Å²) in [7, 11) is 1.40. The Hall–Kier alpha value is -2.50. The van der Waals surface area contributed by atoms with Crippen molar-refractivity contribution in [2.45, 2.75) is 0 Å². The minimum Gasteiger partial charge on any atom is -0.481 e. The number of benzene rings is 1. The van der Waals surface area contributed by atoms with Gasteiger partial charge in [-0.15, -0.1) is 0 Å². The SMILES string of the molecule is COc1cc(C(=O)Nc2c(F)cccc2F)ccn1. The van der Waals surface area contributed by atoms with Gasteiger partial charge in [-0.3, -0.25) is 4.79 Å². The molecule has 0 aliphatic carbocycles. The van der Waals surface area contributed by atoms with Gasteiger partial charge < -0.3 is 10.1 Å². The third-order valence-corrected chi connectivity index (χ3v) is 2.41. The van der Waals surface area contributed by atoms with E-state index in [1.807, 2.05) is 0 Å². The maximum Gasteiger partial charge on any atom is 0.256 e. The second kappa shape index (κ2) is 5.43. The Morgan fingerprint density at radius 2 is 1.95 bits per heavy atom. The molecule has 19 heavy (non-hydrogen) atoms. The van der Waals surface area contributed by atoms with E-state index in [4.69, 9.17) is 4.74 Å². The molecule has 6 heteroatoms. The number of carbonyl (C=O) groups excluding carboxylic acids is 1. The summed E-state index contributed by atoms with van der Waals surface area (Å²) in [6, 6.07) is 6.12. The summed E-state index contributed by atoms with van der Waals surface area (Å²) in [4.78, 5) is 15.7. The van der Waals surface area contributed by atoms with E-state index in [0.29, 0.717) is 0 Å². The molecular formula is C13H10F2N2O2. The van der Waals surface area contributed by atoms with E-state index in [2.05, 4.69) is 10.3 Å². The van der Waals surface area contributed by atoms with E-state index in [1.54, 1.807) is 0 Å². The van der Waals surface area contributed by atoms with Gasteiger partial charge in [-0.1, -0.05) is 6.07 Å². The molecule has 1 heterocycles. The highest BCUT2D eigenvalue weighted by molar-refractivity contribution is 6.04. The van der Waals surface area contributed by atoms with Crippen molar-refractivity contribution in [2.75, 3.05) is 12.4 Å². The minimum absolute atomic E-state index is 0.189. The van der Waals surface area contributed by atoms with Crippen LogP contribution in [0.5, 0.6) is 5.88 Å². The van der Waals surface area contributed by atoms with Gasteiger partial charge in [-0.05, 0) is 18.2 Å². The van der Waals surface area contributed by atoms with Crippen LogP contribution in [0.3, 0.4) is 0 Å². The van der Waals surface area contributed by atoms with Crippen molar-refractivity contribution >= 4 is 11.6 Å². The highest BCUT2D eigenvalue weighted by atomic mass is 19.1. The maximum absolute atomic E-state index is 13.4. The molecule has 0 radical (unpaired) electrons. The van der Waals surface area contributed by atoms with Gasteiger partial charge in [-0.25, -0.2) is 13.8 Å². The van der Waals surface area contributed by atoms with Crippen LogP contribution in [0.4, 0.5) is 14.5 Å². The number of rotatable bonds is 3. The van der Waals surface area contributed by atoms with Crippen molar-refractivity contribution in [3.63, 3.8) is 0 Å². The van der Waals surface area contributed by atoms with Gasteiger partial charge in [0.25, 0.3) is 5.91 Å². The minimum atomic E-state index is -0.839. The molecule has 98 valence electrons. The Bertz CT molecular complexity index is 597. The van der Waals surface area contributed by atoms with Gasteiger partial charge in [0.1, 0.15) is 17.3 Å². The lowest BCUT2D eigenvalue weighted by Crippen LogP contribution is -2.14. The summed E-state index contributed by atoms with van der Waals surface area (Å²) in [6.45, 7) is 0. The Labute approximate surface area is 108 Å². The van der Waals surface area contributed by atoms with Crippen molar-refractivity contribution < 1.29 is 18.3 Å². The van der Waals surface area contributed by atoms with Gasteiger partial charge >= 0.3 is 0 Å². The fourth-order valence-corrected chi connectivity index (χ4v) is 1.47. The number of nitrogens with zero attached hydrogens (tertiary/aromatic N) is 1. The number of anilines is 1. The van der Waals surface area contributed by atoms with Crippen molar-refractivity contribution in [3.8, 4) is 5.88 Å². The molecule has 1 N–H and O–H groups in total. The summed E-state index contributed by atoms with van der Waals surface area (Å²) in [5, 5.41) is 2.17. The third kappa shape index (κ3) is 2.85. The molecule has 1 amide bonds. The summed E-state index contributed by atoms with van der Waals surface area (Å²) < 4.78 is 31.6. The molecule has 0 unspecified atom stereocenters. The van der Waals surface area contributed by atoms with E-state index in [1.165, 1.54) is 31.5 Å². The number of carbonyl (C=O) groups is 1. The Kier molecular flexibility index (Phi) is 3.70. The molecule has 0 saturated heterocycles. The zero-order valence-corrected chi connectivity index (χ0v) is 9.98. The Balaban J connectivity index is 2.25. The first-order valence-electron chi connectivity index (χ1n) is 5.37. The van der Waals surface area contributed by atoms with Gasteiger partial charge in [0.15, 0.2) is 0 Å². The molecule has 2 rings (SSSR count). The first kappa shape index (κ1) is 12.9. The number of para-hydroxylation sites is 1. The number of halogens is 2. The fraction of sp³-hybridized carbons (Fsp3) is 0.0769. The molecule has 0 bridgehead atoms. The van der Waals surface area contributed by atoms with Gasteiger partial charge in [0.2, 0.25) is 5.88 Å². The third-order valence-electron chi connectivity index (χ3n) is 2.41. The van der Waals surface area contributed by atoms with Crippen LogP contribution in [-0.4, -0.2) is 18.0 Å². The van der Waals surface area contributed by atoms with Crippen molar-refractivity contribution in [2.24, 2.45) is 0 Å². The number of hydrogen-bond donors (Lipinski definition) is 1. The van der Waals surface area contributed by atoms with Crippen LogP contribution in [0.25, 0.3) is 0 Å². The predicted molar refractivity (Wildman–Crippen MR) is 65.1 cm³/mol. The second-order valence-corrected chi connectivity index (χ2v) is 3.64. The summed E-state index contributed by atoms with van der Waals surface area (Å²) in [5.74, 6) is -2.09. The van der Waals surface area contributed by atoms with Crippen LogP contribution in [0.2, 0.25) is 0 Å². The number of methoxy groups -OCH3 is 1. The topological polar surface area (TPSA) is 51.2 Å². The first-order chi connectivity index (χ1) is 9.11. The van der Waals surface area contributed by atoms with Gasteiger partial charge in [0.05, 0.1) is 7.11 Å². The fourth-order valence-electron chi connectivity index (χ4n) is 1.47. The molecule has 2 aromatic rings. The highest BCUT2D eigenvalue weighted by Crippen LogP contribution is 2.19. The molecule has 1 aromatic carbocycles. The van der Waals surface area contributed by atoms with E-state index < -0.39 is 23.2 Å². The van der Waals surface area contributed by atoms with Crippen molar-refractivity contribution in [1.29, 1.82) is 0 Å². The summed E-state index contributed by atoms with van der Waals surface area (Å²) >= 11 is 0. The lowest BCUT2D eigenvalue weighted by molar-refractivity contribution is 0.102. The summed E-state index contributed by atoms with van der Waals surface area (Å²) in [6.07, 6.45) is 1.37. The van der Waals surface area contributed by atoms with Crippen LogP contribution >= 0.6 is 0 Å². The number of hydrogen-bond acceptors (Lipinski definition) is 3. The molecule has 4 nitrogen and oxygen atoms in total. The number of nitrogens with one attached hydrogen (secondary N) is 1. The molecular weight excluding hydrogens is 254 g/mol. The number of aromatic nitrogens is 1. The summed E-state index contributed by atoms with van der Waals surface area (Å²) in [5.41, 5.74) is -0.294. The van der Waals surface area contributed by atoms with E-state index in [0.717, 1.165) is 12.1 Å². The normalized spacial score (nSPS) is 10.1. The predicted octanol–water partition coefficient (Wildman–Crippen LogP) is 2.62. The zero-order chi connectivity index (χ0) is 13.8. The lowest BCUT2D eigenvalue weighted by atomic mass is 10.2. The van der Waals surface area contributed by atoms with Crippen molar-refractivity contribution in [3.05, 3.63) is 53.7 Å². The molecule has 1 aromatic heterocycles. The molecule has 0 aliphatic rings. The van der Waals surface area contributed by atoms with Crippen LogP contribution in [0.1, 0.15) is 10.4 Å². The van der Waals surface area contributed by atoms with Crippen LogP contribution in [0, 0.1) is 11.6 Å². The van der Waals surface area contributed by atoms with Crippen LogP contribution in [-0.2, 0) is 0 Å². The first-order valence-corrected chi connectivity index (χ1v) is 5.37. The van der Waals surface area contributed by atoms with E-state index >= 15 is 0 Å². The standard InChI is InChI=1S/C13H10F2N2O2/c1-19-11-7-8(5-6-16-11)13(18)17-12-9(14)3-2-4-10(12)15/h2-7H,1H3,(H,17,18). The average molecular weight is 264 g/mol. The Morgan fingerprint density at radius 1 is 1.26 bits per heavy atom. The maximum atomic E-state index is 13.4. The molecule has 0 fully saturated rings. The van der Waals surface area contributed by atoms with Crippen LogP contribution in [0.15, 0.2) is 36.5 Å². The monoisotopic (exact) mass is 264 g/mol. The average Bonchev–Trinajstić information content (AvgIpc) is 2.43. The highest BCUT2D eigenvalue weighted by Gasteiger charge is 2.13. The molecule has 0 atom stereocenters. The molecule has 0 spiro atoms. The molecule has 0 saturated carbocycles. The quantitative estimate of drug-likeness (QED) is 0.927.